The van der Waals surface area contributed by atoms with Gasteiger partial charge in [0.15, 0.2) is 9.84 Å². The molecule has 0 aliphatic carbocycles. The van der Waals surface area contributed by atoms with Crippen LogP contribution in [0.3, 0.4) is 0 Å². The van der Waals surface area contributed by atoms with Crippen molar-refractivity contribution in [3.63, 3.8) is 0 Å². The van der Waals surface area contributed by atoms with E-state index in [0.717, 1.165) is 10.0 Å². The van der Waals surface area contributed by atoms with Crippen LogP contribution in [0.15, 0.2) is 22.7 Å². The summed E-state index contributed by atoms with van der Waals surface area (Å²) in [5, 5.41) is 0. The number of hydrogen-bond donors (Lipinski definition) is 1. The number of hydrogen-bond acceptors (Lipinski definition) is 3. The third-order valence-corrected chi connectivity index (χ3v) is 6.13. The van der Waals surface area contributed by atoms with Crippen molar-refractivity contribution < 1.29 is 12.8 Å². The fraction of sp³-hybridized carbons (Fsp3) is 0.500. The van der Waals surface area contributed by atoms with Crippen molar-refractivity contribution in [3.05, 3.63) is 34.1 Å². The Morgan fingerprint density at radius 2 is 2.17 bits per heavy atom. The first-order valence-corrected chi connectivity index (χ1v) is 8.32. The SMILES string of the molecule is NCC1(Cc2cc(F)ccc2Br)CCS(=O)(=O)C1. The maximum Gasteiger partial charge on any atom is 0.150 e. The molecule has 1 heterocycles. The van der Waals surface area contributed by atoms with Crippen molar-refractivity contribution in [2.75, 3.05) is 18.1 Å². The molecule has 2 N–H and O–H groups in total. The van der Waals surface area contributed by atoms with Gasteiger partial charge in [-0.1, -0.05) is 15.9 Å². The molecule has 1 unspecified atom stereocenters. The topological polar surface area (TPSA) is 60.2 Å². The molecule has 2 rings (SSSR count). The normalized spacial score (nSPS) is 26.4. The fourth-order valence-electron chi connectivity index (χ4n) is 2.44. The summed E-state index contributed by atoms with van der Waals surface area (Å²) >= 11 is 3.36. The summed E-state index contributed by atoms with van der Waals surface area (Å²) in [6.45, 7) is 0.301. The molecule has 1 aromatic rings. The molecule has 6 heteroatoms. The van der Waals surface area contributed by atoms with Crippen molar-refractivity contribution >= 4 is 25.8 Å². The van der Waals surface area contributed by atoms with E-state index in [9.17, 15) is 12.8 Å². The zero-order chi connectivity index (χ0) is 13.4. The van der Waals surface area contributed by atoms with E-state index in [1.54, 1.807) is 6.07 Å². The van der Waals surface area contributed by atoms with E-state index in [0.29, 0.717) is 19.4 Å². The van der Waals surface area contributed by atoms with Gasteiger partial charge in [-0.05, 0) is 43.1 Å². The Morgan fingerprint density at radius 1 is 1.44 bits per heavy atom. The predicted octanol–water partition coefficient (Wildman–Crippen LogP) is 1.89. The molecule has 0 spiro atoms. The lowest BCUT2D eigenvalue weighted by Gasteiger charge is -2.26. The summed E-state index contributed by atoms with van der Waals surface area (Å²) in [7, 11) is -3.00. The highest BCUT2D eigenvalue weighted by molar-refractivity contribution is 9.10. The van der Waals surface area contributed by atoms with E-state index >= 15 is 0 Å². The third kappa shape index (κ3) is 2.92. The standard InChI is InChI=1S/C12H15BrFNO2S/c13-11-2-1-10(14)5-9(11)6-12(7-15)3-4-18(16,17)8-12/h1-2,5H,3-4,6-8,15H2. The van der Waals surface area contributed by atoms with Gasteiger partial charge in [-0.2, -0.15) is 0 Å². The highest BCUT2D eigenvalue weighted by Crippen LogP contribution is 2.36. The van der Waals surface area contributed by atoms with Gasteiger partial charge in [-0.3, -0.25) is 0 Å². The summed E-state index contributed by atoms with van der Waals surface area (Å²) in [6.07, 6.45) is 1.04. The molecular weight excluding hydrogens is 321 g/mol. The molecule has 18 heavy (non-hydrogen) atoms. The molecular formula is C12H15BrFNO2S. The largest absolute Gasteiger partial charge is 0.330 e. The first kappa shape index (κ1) is 14.0. The Labute approximate surface area is 115 Å². The fourth-order valence-corrected chi connectivity index (χ4v) is 5.01. The molecule has 0 aromatic heterocycles. The van der Waals surface area contributed by atoms with Gasteiger partial charge in [0.05, 0.1) is 11.5 Å². The molecule has 1 atom stereocenters. The second kappa shape index (κ2) is 4.90. The molecule has 0 amide bonds. The summed E-state index contributed by atoms with van der Waals surface area (Å²) < 4.78 is 37.2. The van der Waals surface area contributed by atoms with E-state index in [4.69, 9.17) is 5.73 Å². The highest BCUT2D eigenvalue weighted by Gasteiger charge is 2.41. The van der Waals surface area contributed by atoms with Crippen LogP contribution in [0.1, 0.15) is 12.0 Å². The monoisotopic (exact) mass is 335 g/mol. The minimum absolute atomic E-state index is 0.0967. The molecule has 1 aliphatic rings. The van der Waals surface area contributed by atoms with E-state index in [1.165, 1.54) is 12.1 Å². The maximum atomic E-state index is 13.2. The Bertz CT molecular complexity index is 561. The van der Waals surface area contributed by atoms with E-state index < -0.39 is 15.3 Å². The molecule has 1 aliphatic heterocycles. The zero-order valence-electron chi connectivity index (χ0n) is 9.83. The van der Waals surface area contributed by atoms with Crippen LogP contribution in [0.4, 0.5) is 4.39 Å². The van der Waals surface area contributed by atoms with Gasteiger partial charge in [-0.25, -0.2) is 12.8 Å². The summed E-state index contributed by atoms with van der Waals surface area (Å²) in [5.74, 6) is -0.0439. The molecule has 3 nitrogen and oxygen atoms in total. The minimum Gasteiger partial charge on any atom is -0.330 e. The highest BCUT2D eigenvalue weighted by atomic mass is 79.9. The molecule has 1 fully saturated rings. The molecule has 1 aromatic carbocycles. The van der Waals surface area contributed by atoms with E-state index in [1.807, 2.05) is 0 Å². The van der Waals surface area contributed by atoms with E-state index in [2.05, 4.69) is 15.9 Å². The predicted molar refractivity (Wildman–Crippen MR) is 72.6 cm³/mol. The number of nitrogens with two attached hydrogens (primary N) is 1. The van der Waals surface area contributed by atoms with Crippen molar-refractivity contribution in [2.45, 2.75) is 12.8 Å². The second-order valence-electron chi connectivity index (χ2n) is 4.96. The quantitative estimate of drug-likeness (QED) is 0.917. The summed E-state index contributed by atoms with van der Waals surface area (Å²) in [6, 6.07) is 4.44. The number of halogens is 2. The summed E-state index contributed by atoms with van der Waals surface area (Å²) in [5.41, 5.74) is 6.08. The first-order chi connectivity index (χ1) is 8.36. The van der Waals surface area contributed by atoms with Crippen LogP contribution < -0.4 is 5.73 Å². The Hall–Kier alpha value is -0.460. The van der Waals surface area contributed by atoms with Gasteiger partial charge in [0, 0.05) is 9.89 Å². The molecule has 1 saturated heterocycles. The zero-order valence-corrected chi connectivity index (χ0v) is 12.2. The average molecular weight is 336 g/mol. The lowest BCUT2D eigenvalue weighted by Crippen LogP contribution is -2.34. The van der Waals surface area contributed by atoms with Crippen molar-refractivity contribution in [1.29, 1.82) is 0 Å². The second-order valence-corrected chi connectivity index (χ2v) is 8.00. The summed E-state index contributed by atoms with van der Waals surface area (Å²) in [4.78, 5) is 0. The number of sulfone groups is 1. The third-order valence-electron chi connectivity index (χ3n) is 3.48. The smallest absolute Gasteiger partial charge is 0.150 e. The van der Waals surface area contributed by atoms with Gasteiger partial charge in [0.2, 0.25) is 0 Å². The van der Waals surface area contributed by atoms with Crippen LogP contribution in [0, 0.1) is 11.2 Å². The van der Waals surface area contributed by atoms with Crippen LogP contribution in [0.2, 0.25) is 0 Å². The Balaban J connectivity index is 2.29. The van der Waals surface area contributed by atoms with Crippen molar-refractivity contribution in [1.82, 2.24) is 0 Å². The average Bonchev–Trinajstić information content (AvgIpc) is 2.60. The molecule has 100 valence electrons. The van der Waals surface area contributed by atoms with Crippen LogP contribution in [-0.2, 0) is 16.3 Å². The number of rotatable bonds is 3. The van der Waals surface area contributed by atoms with Crippen LogP contribution in [-0.4, -0.2) is 26.5 Å². The van der Waals surface area contributed by atoms with Gasteiger partial charge < -0.3 is 5.73 Å². The van der Waals surface area contributed by atoms with E-state index in [-0.39, 0.29) is 17.3 Å². The lowest BCUT2D eigenvalue weighted by molar-refractivity contribution is 0.343. The molecule has 0 bridgehead atoms. The van der Waals surface area contributed by atoms with Crippen molar-refractivity contribution in [3.8, 4) is 0 Å². The van der Waals surface area contributed by atoms with Crippen LogP contribution in [0.25, 0.3) is 0 Å². The Morgan fingerprint density at radius 3 is 2.72 bits per heavy atom. The van der Waals surface area contributed by atoms with Gasteiger partial charge in [0.25, 0.3) is 0 Å². The first-order valence-electron chi connectivity index (χ1n) is 5.70. The van der Waals surface area contributed by atoms with Gasteiger partial charge >= 0.3 is 0 Å². The number of benzene rings is 1. The minimum atomic E-state index is -3.00. The lowest BCUT2D eigenvalue weighted by atomic mass is 9.81. The van der Waals surface area contributed by atoms with Gasteiger partial charge in [-0.15, -0.1) is 0 Å². The molecule has 0 radical (unpaired) electrons. The maximum absolute atomic E-state index is 13.2. The Kier molecular flexibility index (Phi) is 3.80. The van der Waals surface area contributed by atoms with Crippen LogP contribution >= 0.6 is 15.9 Å². The van der Waals surface area contributed by atoms with Crippen molar-refractivity contribution in [2.24, 2.45) is 11.1 Å². The molecule has 0 saturated carbocycles. The van der Waals surface area contributed by atoms with Gasteiger partial charge in [0.1, 0.15) is 5.82 Å². The van der Waals surface area contributed by atoms with Crippen LogP contribution in [0.5, 0.6) is 0 Å².